The lowest BCUT2D eigenvalue weighted by atomic mass is 9.51. The summed E-state index contributed by atoms with van der Waals surface area (Å²) in [6, 6.07) is 10.4. The monoisotopic (exact) mass is 453 g/mol. The summed E-state index contributed by atoms with van der Waals surface area (Å²) >= 11 is 0. The normalized spacial score (nSPS) is 28.2. The molecule has 5 atom stereocenters. The highest BCUT2D eigenvalue weighted by molar-refractivity contribution is 5.79. The standard InChI is InChI=1S/C16H28O.C9H9N.C4H8.C2H6/c1-5-6-13-14-8-7-11(2)12(3)16(14,4)10-9-15(13)17;1-7-6-8-4-2-3-5-9(8)10-7;1-4(2)3;1-2/h12-15,17H,2,5-10H2,1,3-4H3;2-6,10H,1H3;1H2,2-3H3;1-2H3/t12?,13-,14?,15-,16+;;;/m0.../s1. The maximum atomic E-state index is 10.3. The van der Waals surface area contributed by atoms with E-state index in [1.165, 1.54) is 59.8 Å². The van der Waals surface area contributed by atoms with Crippen molar-refractivity contribution in [2.45, 2.75) is 100 Å². The molecule has 0 aliphatic heterocycles. The van der Waals surface area contributed by atoms with E-state index in [-0.39, 0.29) is 6.10 Å². The number of para-hydroxylation sites is 1. The second-order valence-corrected chi connectivity index (χ2v) is 10.3. The molecule has 1 aromatic carbocycles. The Labute approximate surface area is 204 Å². The number of rotatable bonds is 2. The van der Waals surface area contributed by atoms with Gasteiger partial charge in [-0.05, 0) is 93.6 Å². The van der Waals surface area contributed by atoms with E-state index in [9.17, 15) is 5.11 Å². The van der Waals surface area contributed by atoms with Crippen LogP contribution in [0.15, 0.2) is 54.6 Å². The number of allylic oxidation sites excluding steroid dienone is 2. The highest BCUT2D eigenvalue weighted by Crippen LogP contribution is 2.57. The van der Waals surface area contributed by atoms with Crippen molar-refractivity contribution in [2.24, 2.45) is 23.2 Å². The van der Waals surface area contributed by atoms with Crippen LogP contribution in [0.4, 0.5) is 0 Å². The van der Waals surface area contributed by atoms with Gasteiger partial charge >= 0.3 is 0 Å². The van der Waals surface area contributed by atoms with Gasteiger partial charge in [-0.15, -0.1) is 6.58 Å². The topological polar surface area (TPSA) is 36.0 Å². The van der Waals surface area contributed by atoms with Crippen LogP contribution in [0.1, 0.15) is 92.7 Å². The van der Waals surface area contributed by atoms with E-state index in [0.29, 0.717) is 23.2 Å². The fourth-order valence-corrected chi connectivity index (χ4v) is 5.67. The summed E-state index contributed by atoms with van der Waals surface area (Å²) < 4.78 is 0. The number of aliphatic hydroxyl groups is 1. The van der Waals surface area contributed by atoms with Crippen molar-refractivity contribution >= 4 is 10.9 Å². The predicted molar refractivity (Wildman–Crippen MR) is 148 cm³/mol. The maximum absolute atomic E-state index is 10.3. The molecule has 2 heteroatoms. The first kappa shape index (κ1) is 29.2. The fourth-order valence-electron chi connectivity index (χ4n) is 5.67. The molecule has 2 aliphatic rings. The summed E-state index contributed by atoms with van der Waals surface area (Å²) in [4.78, 5) is 3.26. The van der Waals surface area contributed by atoms with Crippen LogP contribution in [-0.2, 0) is 0 Å². The smallest absolute Gasteiger partial charge is 0.0571 e. The number of aromatic amines is 1. The lowest BCUT2D eigenvalue weighted by Crippen LogP contribution is -2.49. The Morgan fingerprint density at radius 1 is 1.18 bits per heavy atom. The molecule has 0 amide bonds. The molecule has 2 saturated carbocycles. The molecule has 2 aliphatic carbocycles. The molecule has 2 N–H and O–H groups in total. The lowest BCUT2D eigenvalue weighted by Gasteiger charge is -2.55. The fraction of sp³-hybridized carbons (Fsp3) is 0.613. The Kier molecular flexibility index (Phi) is 12.2. The van der Waals surface area contributed by atoms with Gasteiger partial charge < -0.3 is 10.1 Å². The van der Waals surface area contributed by atoms with Gasteiger partial charge in [0.05, 0.1) is 6.10 Å². The second kappa shape index (κ2) is 13.8. The molecule has 0 radical (unpaired) electrons. The number of H-pyrrole nitrogens is 1. The van der Waals surface area contributed by atoms with Gasteiger partial charge in [-0.2, -0.15) is 0 Å². The minimum Gasteiger partial charge on any atom is -0.393 e. The highest BCUT2D eigenvalue weighted by atomic mass is 16.3. The Hall–Kier alpha value is -1.80. The van der Waals surface area contributed by atoms with Crippen molar-refractivity contribution < 1.29 is 5.11 Å². The molecular weight excluding hydrogens is 402 g/mol. The molecule has 1 aromatic heterocycles. The number of aryl methyl sites for hydroxylation is 1. The van der Waals surface area contributed by atoms with Gasteiger partial charge in [0.2, 0.25) is 0 Å². The minimum atomic E-state index is -0.0495. The maximum Gasteiger partial charge on any atom is 0.0571 e. The third-order valence-electron chi connectivity index (χ3n) is 7.50. The van der Waals surface area contributed by atoms with Crippen molar-refractivity contribution in [1.82, 2.24) is 4.98 Å². The van der Waals surface area contributed by atoms with E-state index in [2.05, 4.69) is 70.1 Å². The molecular formula is C31H51NO. The third kappa shape index (κ3) is 7.88. The SMILES string of the molecule is C=C(C)C.C=C1CCC2[C@H](CCC)[C@@H](O)CC[C@]2(C)C1C.CC.Cc1cc2ccccc2[nH]1. The Balaban J connectivity index is 0.000000287. The van der Waals surface area contributed by atoms with E-state index < -0.39 is 0 Å². The number of hydrogen-bond acceptors (Lipinski definition) is 1. The van der Waals surface area contributed by atoms with Crippen LogP contribution >= 0.6 is 0 Å². The van der Waals surface area contributed by atoms with Gasteiger partial charge in [-0.1, -0.05) is 77.0 Å². The Morgan fingerprint density at radius 3 is 2.36 bits per heavy atom. The van der Waals surface area contributed by atoms with E-state index in [1.807, 2.05) is 33.8 Å². The predicted octanol–water partition coefficient (Wildman–Crippen LogP) is 9.25. The molecule has 2 aromatic rings. The lowest BCUT2D eigenvalue weighted by molar-refractivity contribution is -0.0766. The van der Waals surface area contributed by atoms with Crippen LogP contribution in [0.25, 0.3) is 10.9 Å². The minimum absolute atomic E-state index is 0.0495. The molecule has 186 valence electrons. The number of fused-ring (bicyclic) bond motifs is 2. The largest absolute Gasteiger partial charge is 0.393 e. The average Bonchev–Trinajstić information content (AvgIpc) is 3.16. The van der Waals surface area contributed by atoms with E-state index in [1.54, 1.807) is 0 Å². The van der Waals surface area contributed by atoms with Crippen molar-refractivity contribution in [1.29, 1.82) is 0 Å². The van der Waals surface area contributed by atoms with Crippen LogP contribution in [0.5, 0.6) is 0 Å². The Bertz CT molecular complexity index is 826. The number of nitrogens with one attached hydrogen (secondary N) is 1. The van der Waals surface area contributed by atoms with E-state index in [0.717, 1.165) is 6.42 Å². The third-order valence-corrected chi connectivity index (χ3v) is 7.50. The van der Waals surface area contributed by atoms with Gasteiger partial charge in [0.25, 0.3) is 0 Å². The summed E-state index contributed by atoms with van der Waals surface area (Å²) in [5.74, 6) is 1.88. The van der Waals surface area contributed by atoms with E-state index in [4.69, 9.17) is 0 Å². The Morgan fingerprint density at radius 2 is 1.79 bits per heavy atom. The first-order chi connectivity index (χ1) is 15.6. The molecule has 0 spiro atoms. The highest BCUT2D eigenvalue weighted by Gasteiger charge is 2.50. The molecule has 2 fully saturated rings. The van der Waals surface area contributed by atoms with Gasteiger partial charge in [0.1, 0.15) is 0 Å². The average molecular weight is 454 g/mol. The number of aliphatic hydroxyl groups excluding tert-OH is 1. The summed E-state index contributed by atoms with van der Waals surface area (Å²) in [5, 5.41) is 11.6. The van der Waals surface area contributed by atoms with Crippen molar-refractivity contribution in [2.75, 3.05) is 0 Å². The summed E-state index contributed by atoms with van der Waals surface area (Å²) in [6.07, 6.45) is 6.95. The van der Waals surface area contributed by atoms with Gasteiger partial charge in [-0.3, -0.25) is 0 Å². The first-order valence-corrected chi connectivity index (χ1v) is 13.1. The van der Waals surface area contributed by atoms with Crippen molar-refractivity contribution in [3.63, 3.8) is 0 Å². The van der Waals surface area contributed by atoms with Gasteiger partial charge in [-0.25, -0.2) is 0 Å². The van der Waals surface area contributed by atoms with Crippen LogP contribution in [0.3, 0.4) is 0 Å². The van der Waals surface area contributed by atoms with Gasteiger partial charge in [0.15, 0.2) is 0 Å². The summed E-state index contributed by atoms with van der Waals surface area (Å²) in [5.41, 5.74) is 5.45. The van der Waals surface area contributed by atoms with Crippen LogP contribution in [0.2, 0.25) is 0 Å². The molecule has 2 nitrogen and oxygen atoms in total. The second-order valence-electron chi connectivity index (χ2n) is 10.3. The zero-order valence-electron chi connectivity index (χ0n) is 22.8. The molecule has 0 saturated heterocycles. The van der Waals surface area contributed by atoms with Crippen LogP contribution in [0, 0.1) is 30.1 Å². The number of aromatic nitrogens is 1. The molecule has 33 heavy (non-hydrogen) atoms. The number of hydrogen-bond donors (Lipinski definition) is 2. The molecule has 2 unspecified atom stereocenters. The summed E-state index contributed by atoms with van der Waals surface area (Å²) in [7, 11) is 0. The van der Waals surface area contributed by atoms with Crippen molar-refractivity contribution in [3.8, 4) is 0 Å². The van der Waals surface area contributed by atoms with Gasteiger partial charge in [0, 0.05) is 11.2 Å². The zero-order chi connectivity index (χ0) is 25.2. The number of benzene rings is 1. The molecule has 4 rings (SSSR count). The molecule has 1 heterocycles. The first-order valence-electron chi connectivity index (χ1n) is 13.1. The van der Waals surface area contributed by atoms with Crippen LogP contribution in [-0.4, -0.2) is 16.2 Å². The van der Waals surface area contributed by atoms with Crippen LogP contribution < -0.4 is 0 Å². The molecule has 0 bridgehead atoms. The van der Waals surface area contributed by atoms with E-state index >= 15 is 0 Å². The summed E-state index contributed by atoms with van der Waals surface area (Å²) in [6.45, 7) is 24.9. The quantitative estimate of drug-likeness (QED) is 0.437. The van der Waals surface area contributed by atoms with Crippen molar-refractivity contribution in [3.05, 3.63) is 60.3 Å². The zero-order valence-corrected chi connectivity index (χ0v) is 22.8.